The van der Waals surface area contributed by atoms with Crippen molar-refractivity contribution in [2.45, 2.75) is 58.2 Å². The average Bonchev–Trinajstić information content (AvgIpc) is 3.28. The lowest BCUT2D eigenvalue weighted by molar-refractivity contribution is -0.139. The van der Waals surface area contributed by atoms with E-state index >= 15 is 0 Å². The molecule has 34 heavy (non-hydrogen) atoms. The van der Waals surface area contributed by atoms with Crippen LogP contribution in [0.15, 0.2) is 48.5 Å². The van der Waals surface area contributed by atoms with Gasteiger partial charge >= 0.3 is 0 Å². The first kappa shape index (κ1) is 25.7. The maximum Gasteiger partial charge on any atom is 0.244 e. The Morgan fingerprint density at radius 2 is 1.79 bits per heavy atom. The van der Waals surface area contributed by atoms with E-state index in [0.29, 0.717) is 0 Å². The Balaban J connectivity index is 1.89. The van der Waals surface area contributed by atoms with Crippen LogP contribution in [-0.2, 0) is 26.2 Å². The number of halogens is 1. The number of nitrogens with zero attached hydrogens (tertiary/aromatic N) is 2. The molecule has 1 aliphatic rings. The molecule has 0 bridgehead atoms. The van der Waals surface area contributed by atoms with Crippen LogP contribution in [0.4, 0.5) is 10.1 Å². The van der Waals surface area contributed by atoms with E-state index in [-0.39, 0.29) is 24.2 Å². The zero-order valence-corrected chi connectivity index (χ0v) is 20.6. The van der Waals surface area contributed by atoms with Gasteiger partial charge in [0, 0.05) is 12.6 Å². The number of rotatable bonds is 9. The minimum absolute atomic E-state index is 0.0507. The lowest BCUT2D eigenvalue weighted by Crippen LogP contribution is -2.52. The molecule has 184 valence electrons. The molecule has 1 fully saturated rings. The highest BCUT2D eigenvalue weighted by Crippen LogP contribution is 2.21. The standard InChI is InChI=1S/C25H32FN3O4S/c1-18-9-4-5-10-20(18)16-28(19(2)25(31)27-22-12-6-7-13-22)24(30)17-29(34(3,32)33)23-14-8-11-21(26)15-23/h4-5,8-11,14-15,19,22H,6-7,12-13,16-17H2,1-3H3,(H,27,31). The molecule has 0 heterocycles. The number of anilines is 1. The van der Waals surface area contributed by atoms with Gasteiger partial charge in [-0.15, -0.1) is 0 Å². The van der Waals surface area contributed by atoms with E-state index in [1.807, 2.05) is 31.2 Å². The molecule has 1 aliphatic carbocycles. The molecule has 0 spiro atoms. The zero-order chi connectivity index (χ0) is 24.9. The van der Waals surface area contributed by atoms with Gasteiger partial charge in [-0.2, -0.15) is 0 Å². The first-order chi connectivity index (χ1) is 16.1. The second-order valence-electron chi connectivity index (χ2n) is 8.86. The number of aryl methyl sites for hydroxylation is 1. The monoisotopic (exact) mass is 489 g/mol. The molecule has 0 aliphatic heterocycles. The van der Waals surface area contributed by atoms with Crippen molar-refractivity contribution in [2.75, 3.05) is 17.1 Å². The predicted molar refractivity (Wildman–Crippen MR) is 130 cm³/mol. The highest BCUT2D eigenvalue weighted by atomic mass is 32.2. The van der Waals surface area contributed by atoms with Gasteiger partial charge in [-0.1, -0.05) is 43.2 Å². The number of sulfonamides is 1. The van der Waals surface area contributed by atoms with Gasteiger partial charge < -0.3 is 10.2 Å². The highest BCUT2D eigenvalue weighted by Gasteiger charge is 2.31. The number of carbonyl (C=O) groups is 2. The van der Waals surface area contributed by atoms with Crippen molar-refractivity contribution in [2.24, 2.45) is 0 Å². The van der Waals surface area contributed by atoms with Crippen LogP contribution in [0, 0.1) is 12.7 Å². The van der Waals surface area contributed by atoms with Gasteiger partial charge in [-0.25, -0.2) is 12.8 Å². The molecule has 2 aromatic rings. The first-order valence-corrected chi connectivity index (χ1v) is 13.3. The third-order valence-electron chi connectivity index (χ3n) is 6.25. The van der Waals surface area contributed by atoms with E-state index in [9.17, 15) is 22.4 Å². The minimum Gasteiger partial charge on any atom is -0.352 e. The van der Waals surface area contributed by atoms with E-state index in [2.05, 4.69) is 5.32 Å². The van der Waals surface area contributed by atoms with Crippen molar-refractivity contribution in [1.82, 2.24) is 10.2 Å². The van der Waals surface area contributed by atoms with Crippen LogP contribution in [0.25, 0.3) is 0 Å². The summed E-state index contributed by atoms with van der Waals surface area (Å²) in [5.41, 5.74) is 1.86. The van der Waals surface area contributed by atoms with Crippen LogP contribution in [0.5, 0.6) is 0 Å². The quantitative estimate of drug-likeness (QED) is 0.585. The Hall–Kier alpha value is -2.94. The summed E-state index contributed by atoms with van der Waals surface area (Å²) >= 11 is 0. The summed E-state index contributed by atoms with van der Waals surface area (Å²) in [5.74, 6) is -1.43. The Morgan fingerprint density at radius 1 is 1.12 bits per heavy atom. The van der Waals surface area contributed by atoms with Gasteiger partial charge in [0.05, 0.1) is 11.9 Å². The van der Waals surface area contributed by atoms with E-state index in [4.69, 9.17) is 0 Å². The molecular weight excluding hydrogens is 457 g/mol. The third-order valence-corrected chi connectivity index (χ3v) is 7.39. The fraction of sp³-hybridized carbons (Fsp3) is 0.440. The molecule has 7 nitrogen and oxygen atoms in total. The molecule has 0 saturated heterocycles. The van der Waals surface area contributed by atoms with Crippen molar-refractivity contribution in [3.63, 3.8) is 0 Å². The summed E-state index contributed by atoms with van der Waals surface area (Å²) in [6, 6.07) is 11.9. The second-order valence-corrected chi connectivity index (χ2v) is 10.8. The molecule has 2 aromatic carbocycles. The van der Waals surface area contributed by atoms with E-state index in [1.165, 1.54) is 23.1 Å². The Kier molecular flexibility index (Phi) is 8.30. The highest BCUT2D eigenvalue weighted by molar-refractivity contribution is 7.92. The van der Waals surface area contributed by atoms with E-state index in [1.54, 1.807) is 6.92 Å². The number of benzene rings is 2. The third kappa shape index (κ3) is 6.56. The Morgan fingerprint density at radius 3 is 2.41 bits per heavy atom. The first-order valence-electron chi connectivity index (χ1n) is 11.4. The zero-order valence-electron chi connectivity index (χ0n) is 19.8. The van der Waals surface area contributed by atoms with Crippen LogP contribution in [0.1, 0.15) is 43.7 Å². The molecule has 3 rings (SSSR count). The number of hydrogen-bond acceptors (Lipinski definition) is 4. The lowest BCUT2D eigenvalue weighted by Gasteiger charge is -2.32. The molecule has 0 radical (unpaired) electrons. The normalized spacial score (nSPS) is 15.1. The van der Waals surface area contributed by atoms with Gasteiger partial charge in [-0.3, -0.25) is 13.9 Å². The van der Waals surface area contributed by atoms with Gasteiger partial charge in [0.2, 0.25) is 21.8 Å². The number of carbonyl (C=O) groups excluding carboxylic acids is 2. The summed E-state index contributed by atoms with van der Waals surface area (Å²) in [4.78, 5) is 27.9. The summed E-state index contributed by atoms with van der Waals surface area (Å²) < 4.78 is 39.7. The van der Waals surface area contributed by atoms with Crippen LogP contribution >= 0.6 is 0 Å². The molecule has 2 amide bonds. The summed E-state index contributed by atoms with van der Waals surface area (Å²) in [6.07, 6.45) is 4.90. The maximum atomic E-state index is 13.8. The topological polar surface area (TPSA) is 86.8 Å². The van der Waals surface area contributed by atoms with Gasteiger partial charge in [0.1, 0.15) is 18.4 Å². The van der Waals surface area contributed by atoms with Gasteiger partial charge in [-0.05, 0) is 56.0 Å². The summed E-state index contributed by atoms with van der Waals surface area (Å²) in [6.45, 7) is 3.16. The van der Waals surface area contributed by atoms with Crippen LogP contribution in [-0.4, -0.2) is 50.0 Å². The molecule has 0 aromatic heterocycles. The molecule has 1 saturated carbocycles. The van der Waals surface area contributed by atoms with Crippen molar-refractivity contribution in [1.29, 1.82) is 0 Å². The predicted octanol–water partition coefficient (Wildman–Crippen LogP) is 3.38. The van der Waals surface area contributed by atoms with Crippen molar-refractivity contribution < 1.29 is 22.4 Å². The summed E-state index contributed by atoms with van der Waals surface area (Å²) in [5, 5.41) is 3.02. The van der Waals surface area contributed by atoms with Crippen molar-refractivity contribution in [3.05, 3.63) is 65.5 Å². The molecule has 9 heteroatoms. The molecule has 1 unspecified atom stereocenters. The van der Waals surface area contributed by atoms with Gasteiger partial charge in [0.15, 0.2) is 0 Å². The largest absolute Gasteiger partial charge is 0.352 e. The Bertz CT molecular complexity index is 1130. The summed E-state index contributed by atoms with van der Waals surface area (Å²) in [7, 11) is -3.89. The smallest absolute Gasteiger partial charge is 0.244 e. The number of nitrogens with one attached hydrogen (secondary N) is 1. The second kappa shape index (κ2) is 11.0. The maximum absolute atomic E-state index is 13.8. The van der Waals surface area contributed by atoms with Crippen LogP contribution in [0.3, 0.4) is 0 Å². The fourth-order valence-electron chi connectivity index (χ4n) is 4.19. The lowest BCUT2D eigenvalue weighted by atomic mass is 10.1. The average molecular weight is 490 g/mol. The van der Waals surface area contributed by atoms with Crippen LogP contribution in [0.2, 0.25) is 0 Å². The SMILES string of the molecule is Cc1ccccc1CN(C(=O)CN(c1cccc(F)c1)S(C)(=O)=O)C(C)C(=O)NC1CCCC1. The minimum atomic E-state index is -3.89. The van der Waals surface area contributed by atoms with E-state index in [0.717, 1.165) is 53.4 Å². The molecule has 1 atom stereocenters. The number of hydrogen-bond donors (Lipinski definition) is 1. The molecular formula is C25H32FN3O4S. The van der Waals surface area contributed by atoms with Crippen molar-refractivity contribution in [3.8, 4) is 0 Å². The Labute approximate surface area is 201 Å². The number of amides is 2. The van der Waals surface area contributed by atoms with E-state index < -0.39 is 34.3 Å². The van der Waals surface area contributed by atoms with Crippen molar-refractivity contribution >= 4 is 27.5 Å². The molecule has 1 N–H and O–H groups in total. The fourth-order valence-corrected chi connectivity index (χ4v) is 5.03. The van der Waals surface area contributed by atoms with Crippen LogP contribution < -0.4 is 9.62 Å². The van der Waals surface area contributed by atoms with Gasteiger partial charge in [0.25, 0.3) is 0 Å².